The Morgan fingerprint density at radius 2 is 1.96 bits per heavy atom. The molecule has 0 aliphatic carbocycles. The zero-order valence-corrected chi connectivity index (χ0v) is 14.6. The number of carbonyl (C=O) groups excluding carboxylic acids is 2. The minimum absolute atomic E-state index is 0.0513. The molecule has 2 aromatic carbocycles. The van der Waals surface area contributed by atoms with Crippen LogP contribution in [0.25, 0.3) is 0 Å². The zero-order chi connectivity index (χ0) is 17.6. The average molecular weight is 334 g/mol. The van der Waals surface area contributed by atoms with E-state index in [0.717, 1.165) is 18.5 Å². The van der Waals surface area contributed by atoms with Gasteiger partial charge >= 0.3 is 0 Å². The first-order valence-electron chi connectivity index (χ1n) is 8.86. The number of hydrogen-bond acceptors (Lipinski definition) is 2. The lowest BCUT2D eigenvalue weighted by Crippen LogP contribution is -2.42. The highest BCUT2D eigenvalue weighted by Gasteiger charge is 2.33. The van der Waals surface area contributed by atoms with Gasteiger partial charge in [-0.2, -0.15) is 0 Å². The number of nitrogens with one attached hydrogen (secondary N) is 1. The summed E-state index contributed by atoms with van der Waals surface area (Å²) in [6, 6.07) is 13.9. The van der Waals surface area contributed by atoms with Crippen LogP contribution in [0.5, 0.6) is 0 Å². The van der Waals surface area contributed by atoms with E-state index in [4.69, 9.17) is 0 Å². The molecule has 1 atom stereocenters. The van der Waals surface area contributed by atoms with Crippen molar-refractivity contribution in [3.05, 3.63) is 70.3 Å². The molecule has 4 heteroatoms. The van der Waals surface area contributed by atoms with E-state index in [0.29, 0.717) is 23.6 Å². The topological polar surface area (TPSA) is 49.4 Å². The normalized spacial score (nSPS) is 18.8. The summed E-state index contributed by atoms with van der Waals surface area (Å²) in [5.41, 5.74) is 4.86. The van der Waals surface area contributed by atoms with Gasteiger partial charge in [0.05, 0.1) is 6.04 Å². The first-order valence-corrected chi connectivity index (χ1v) is 8.86. The summed E-state index contributed by atoms with van der Waals surface area (Å²) in [6.45, 7) is 5.56. The summed E-state index contributed by atoms with van der Waals surface area (Å²) in [5.74, 6) is 0.333. The van der Waals surface area contributed by atoms with Gasteiger partial charge in [-0.3, -0.25) is 9.59 Å². The summed E-state index contributed by atoms with van der Waals surface area (Å²) >= 11 is 0. The second-order valence-electron chi connectivity index (χ2n) is 7.19. The van der Waals surface area contributed by atoms with Crippen LogP contribution >= 0.6 is 0 Å². The van der Waals surface area contributed by atoms with Crippen LogP contribution in [0.15, 0.2) is 42.5 Å². The van der Waals surface area contributed by atoms with Gasteiger partial charge < -0.3 is 10.2 Å². The summed E-state index contributed by atoms with van der Waals surface area (Å²) in [7, 11) is 0. The first kappa shape index (κ1) is 15.9. The van der Waals surface area contributed by atoms with E-state index in [9.17, 15) is 9.59 Å². The summed E-state index contributed by atoms with van der Waals surface area (Å²) in [5, 5.41) is 2.81. The highest BCUT2D eigenvalue weighted by Crippen LogP contribution is 2.36. The zero-order valence-electron chi connectivity index (χ0n) is 14.6. The van der Waals surface area contributed by atoms with E-state index in [1.807, 2.05) is 11.0 Å². The molecule has 25 heavy (non-hydrogen) atoms. The molecule has 0 saturated heterocycles. The highest BCUT2D eigenvalue weighted by molar-refractivity contribution is 6.01. The number of nitrogens with zero attached hydrogens (tertiary/aromatic N) is 1. The van der Waals surface area contributed by atoms with Crippen molar-refractivity contribution < 1.29 is 9.59 Å². The van der Waals surface area contributed by atoms with Gasteiger partial charge in [0.2, 0.25) is 0 Å². The number of benzene rings is 2. The molecule has 128 valence electrons. The molecule has 1 N–H and O–H groups in total. The van der Waals surface area contributed by atoms with Gasteiger partial charge in [-0.25, -0.2) is 0 Å². The molecule has 2 aliphatic rings. The second kappa shape index (κ2) is 6.03. The van der Waals surface area contributed by atoms with Crippen LogP contribution in [-0.4, -0.2) is 23.3 Å². The van der Waals surface area contributed by atoms with E-state index >= 15 is 0 Å². The van der Waals surface area contributed by atoms with E-state index in [2.05, 4.69) is 43.4 Å². The Balaban J connectivity index is 1.69. The van der Waals surface area contributed by atoms with Gasteiger partial charge in [0.25, 0.3) is 11.8 Å². The van der Waals surface area contributed by atoms with Crippen LogP contribution in [0.3, 0.4) is 0 Å². The Hall–Kier alpha value is -2.62. The quantitative estimate of drug-likeness (QED) is 0.916. The summed E-state index contributed by atoms with van der Waals surface area (Å²) in [4.78, 5) is 26.9. The lowest BCUT2D eigenvalue weighted by Gasteiger charge is -2.40. The largest absolute Gasteiger partial charge is 0.348 e. The van der Waals surface area contributed by atoms with Crippen molar-refractivity contribution in [2.75, 3.05) is 6.54 Å². The molecular weight excluding hydrogens is 312 g/mol. The van der Waals surface area contributed by atoms with Crippen LogP contribution in [0.1, 0.15) is 57.3 Å². The summed E-state index contributed by atoms with van der Waals surface area (Å²) in [6.07, 6.45) is 0.885. The maximum Gasteiger partial charge on any atom is 0.254 e. The molecule has 2 aliphatic heterocycles. The maximum absolute atomic E-state index is 13.2. The van der Waals surface area contributed by atoms with Crippen molar-refractivity contribution in [2.45, 2.75) is 32.9 Å². The van der Waals surface area contributed by atoms with Gasteiger partial charge in [0, 0.05) is 24.2 Å². The van der Waals surface area contributed by atoms with Gasteiger partial charge in [-0.1, -0.05) is 38.1 Å². The Morgan fingerprint density at radius 1 is 1.16 bits per heavy atom. The molecule has 0 bridgehead atoms. The van der Waals surface area contributed by atoms with Crippen LogP contribution in [0.2, 0.25) is 0 Å². The number of rotatable bonds is 2. The molecule has 0 radical (unpaired) electrons. The molecule has 2 amide bonds. The third-order valence-electron chi connectivity index (χ3n) is 5.26. The standard InChI is InChI=1S/C21H22N2O2/c1-13(2)19-17-6-4-3-5-14(17)9-10-23(19)21(25)15-7-8-18-16(11-15)12-22-20(18)24/h3-8,11,13,19H,9-10,12H2,1-2H3,(H,22,24)/t19-/m1/s1. The van der Waals surface area contributed by atoms with E-state index in [1.165, 1.54) is 11.1 Å². The molecule has 0 fully saturated rings. The molecule has 0 spiro atoms. The predicted molar refractivity (Wildman–Crippen MR) is 96.4 cm³/mol. The molecule has 4 rings (SSSR count). The molecule has 0 saturated carbocycles. The smallest absolute Gasteiger partial charge is 0.254 e. The molecular formula is C21H22N2O2. The van der Waals surface area contributed by atoms with Crippen LogP contribution in [0.4, 0.5) is 0 Å². The van der Waals surface area contributed by atoms with Crippen molar-refractivity contribution in [1.82, 2.24) is 10.2 Å². The Morgan fingerprint density at radius 3 is 2.76 bits per heavy atom. The van der Waals surface area contributed by atoms with Crippen LogP contribution in [-0.2, 0) is 13.0 Å². The highest BCUT2D eigenvalue weighted by atomic mass is 16.2. The Kier molecular flexibility index (Phi) is 3.83. The lowest BCUT2D eigenvalue weighted by molar-refractivity contribution is 0.0603. The third-order valence-corrected chi connectivity index (χ3v) is 5.26. The number of carbonyl (C=O) groups is 2. The molecule has 4 nitrogen and oxygen atoms in total. The van der Waals surface area contributed by atoms with Crippen molar-refractivity contribution in [2.24, 2.45) is 5.92 Å². The van der Waals surface area contributed by atoms with E-state index < -0.39 is 0 Å². The minimum atomic E-state index is -0.0547. The van der Waals surface area contributed by atoms with Crippen molar-refractivity contribution in [1.29, 1.82) is 0 Å². The van der Waals surface area contributed by atoms with Crippen LogP contribution in [0, 0.1) is 5.92 Å². The minimum Gasteiger partial charge on any atom is -0.348 e. The van der Waals surface area contributed by atoms with Crippen molar-refractivity contribution >= 4 is 11.8 Å². The summed E-state index contributed by atoms with van der Waals surface area (Å²) < 4.78 is 0. The Bertz CT molecular complexity index is 857. The fourth-order valence-corrected chi connectivity index (χ4v) is 4.08. The number of fused-ring (bicyclic) bond motifs is 2. The molecule has 0 aromatic heterocycles. The Labute approximate surface area is 147 Å². The van der Waals surface area contributed by atoms with Crippen molar-refractivity contribution in [3.8, 4) is 0 Å². The monoisotopic (exact) mass is 334 g/mol. The number of hydrogen-bond donors (Lipinski definition) is 1. The first-order chi connectivity index (χ1) is 12.1. The van der Waals surface area contributed by atoms with Gasteiger partial charge in [0.15, 0.2) is 0 Å². The number of amides is 2. The van der Waals surface area contributed by atoms with E-state index in [1.54, 1.807) is 12.1 Å². The second-order valence-corrected chi connectivity index (χ2v) is 7.19. The maximum atomic E-state index is 13.2. The molecule has 2 aromatic rings. The predicted octanol–water partition coefficient (Wildman–Crippen LogP) is 3.33. The molecule has 2 heterocycles. The average Bonchev–Trinajstić information content (AvgIpc) is 3.00. The lowest BCUT2D eigenvalue weighted by atomic mass is 9.86. The van der Waals surface area contributed by atoms with Crippen molar-refractivity contribution in [3.63, 3.8) is 0 Å². The van der Waals surface area contributed by atoms with Gasteiger partial charge in [0.1, 0.15) is 0 Å². The van der Waals surface area contributed by atoms with E-state index in [-0.39, 0.29) is 17.9 Å². The van der Waals surface area contributed by atoms with Gasteiger partial charge in [-0.05, 0) is 47.2 Å². The fraction of sp³-hybridized carbons (Fsp3) is 0.333. The fourth-order valence-electron chi connectivity index (χ4n) is 4.08. The van der Waals surface area contributed by atoms with Crippen LogP contribution < -0.4 is 5.32 Å². The SMILES string of the molecule is CC(C)[C@@H]1c2ccccc2CCN1C(=O)c1ccc2c(c1)CNC2=O. The molecule has 0 unspecified atom stereocenters. The van der Waals surface area contributed by atoms with Gasteiger partial charge in [-0.15, -0.1) is 0 Å². The third kappa shape index (κ3) is 2.62.